The smallest absolute Gasteiger partial charge is 0.201 e. The molecule has 2 aromatic rings. The topological polar surface area (TPSA) is 67.6 Å². The molecule has 0 aliphatic heterocycles. The summed E-state index contributed by atoms with van der Waals surface area (Å²) in [6.07, 6.45) is 2.25. The van der Waals surface area contributed by atoms with E-state index in [1.165, 1.54) is 0 Å². The summed E-state index contributed by atoms with van der Waals surface area (Å²) in [7, 11) is 0. The Morgan fingerprint density at radius 1 is 1.50 bits per heavy atom. The summed E-state index contributed by atoms with van der Waals surface area (Å²) in [5.74, 6) is 0.546. The number of aromatic nitrogens is 2. The van der Waals surface area contributed by atoms with Crippen LogP contribution in [0.2, 0.25) is 0 Å². The van der Waals surface area contributed by atoms with Crippen molar-refractivity contribution in [2.45, 2.75) is 25.3 Å². The van der Waals surface area contributed by atoms with Gasteiger partial charge in [0.2, 0.25) is 5.95 Å². The summed E-state index contributed by atoms with van der Waals surface area (Å²) in [5.41, 5.74) is 8.53. The second-order valence-corrected chi connectivity index (χ2v) is 4.62. The first-order valence-corrected chi connectivity index (χ1v) is 5.33. The molecule has 1 aliphatic rings. The lowest BCUT2D eigenvalue weighted by Crippen LogP contribution is -2.14. The summed E-state index contributed by atoms with van der Waals surface area (Å²) in [5, 5.41) is 8.90. The van der Waals surface area contributed by atoms with Crippen molar-refractivity contribution in [3.63, 3.8) is 0 Å². The van der Waals surface area contributed by atoms with Crippen molar-refractivity contribution in [1.82, 2.24) is 9.55 Å². The second-order valence-electron chi connectivity index (χ2n) is 4.62. The van der Waals surface area contributed by atoms with Crippen LogP contribution in [0.1, 0.15) is 25.3 Å². The highest BCUT2D eigenvalue weighted by molar-refractivity contribution is 5.80. The number of hydrogen-bond donors (Lipinski definition) is 1. The van der Waals surface area contributed by atoms with Crippen molar-refractivity contribution < 1.29 is 0 Å². The van der Waals surface area contributed by atoms with Gasteiger partial charge in [0.25, 0.3) is 0 Å². The summed E-state index contributed by atoms with van der Waals surface area (Å²) < 4.78 is 2.06. The fourth-order valence-corrected chi connectivity index (χ4v) is 2.14. The van der Waals surface area contributed by atoms with Gasteiger partial charge >= 0.3 is 0 Å². The monoisotopic (exact) mass is 212 g/mol. The third kappa shape index (κ3) is 1.12. The highest BCUT2D eigenvalue weighted by Crippen LogP contribution is 2.46. The number of nitriles is 1. The SMILES string of the molecule is CC1(n2c(N)nc3ccc(C#N)cc32)CC1. The van der Waals surface area contributed by atoms with Crippen LogP contribution in [-0.2, 0) is 5.54 Å². The van der Waals surface area contributed by atoms with Crippen LogP contribution >= 0.6 is 0 Å². The third-order valence-electron chi connectivity index (χ3n) is 3.32. The molecule has 80 valence electrons. The Morgan fingerprint density at radius 2 is 2.25 bits per heavy atom. The number of nitrogens with zero attached hydrogens (tertiary/aromatic N) is 3. The third-order valence-corrected chi connectivity index (χ3v) is 3.32. The van der Waals surface area contributed by atoms with Crippen LogP contribution in [0.5, 0.6) is 0 Å². The van der Waals surface area contributed by atoms with Crippen molar-refractivity contribution >= 4 is 17.0 Å². The molecule has 1 fully saturated rings. The van der Waals surface area contributed by atoms with Crippen LogP contribution in [0, 0.1) is 11.3 Å². The fraction of sp³-hybridized carbons (Fsp3) is 0.333. The van der Waals surface area contributed by atoms with E-state index in [4.69, 9.17) is 11.0 Å². The van der Waals surface area contributed by atoms with Crippen molar-refractivity contribution in [3.05, 3.63) is 23.8 Å². The van der Waals surface area contributed by atoms with Gasteiger partial charge in [-0.15, -0.1) is 0 Å². The summed E-state index contributed by atoms with van der Waals surface area (Å²) in [6.45, 7) is 2.17. The lowest BCUT2D eigenvalue weighted by atomic mass is 10.2. The van der Waals surface area contributed by atoms with Gasteiger partial charge in [0.05, 0.1) is 22.7 Å². The van der Waals surface area contributed by atoms with Gasteiger partial charge in [0, 0.05) is 5.54 Å². The Hall–Kier alpha value is -2.02. The summed E-state index contributed by atoms with van der Waals surface area (Å²) >= 11 is 0. The van der Waals surface area contributed by atoms with Crippen LogP contribution in [0.15, 0.2) is 18.2 Å². The van der Waals surface area contributed by atoms with Gasteiger partial charge in [-0.05, 0) is 38.0 Å². The number of fused-ring (bicyclic) bond motifs is 1. The molecule has 1 aliphatic carbocycles. The zero-order valence-corrected chi connectivity index (χ0v) is 9.07. The molecule has 0 bridgehead atoms. The van der Waals surface area contributed by atoms with Crippen LogP contribution in [-0.4, -0.2) is 9.55 Å². The standard InChI is InChI=1S/C12H12N4/c1-12(4-5-12)16-10-6-8(7-13)2-3-9(10)15-11(16)14/h2-3,6H,4-5H2,1H3,(H2,14,15). The quantitative estimate of drug-likeness (QED) is 0.786. The predicted octanol–water partition coefficient (Wildman–Crippen LogP) is 2.00. The molecule has 3 rings (SSSR count). The van der Waals surface area contributed by atoms with E-state index in [1.54, 1.807) is 6.07 Å². The lowest BCUT2D eigenvalue weighted by molar-refractivity contribution is 0.556. The molecule has 1 aromatic heterocycles. The van der Waals surface area contributed by atoms with Crippen molar-refractivity contribution in [2.24, 2.45) is 0 Å². The minimum Gasteiger partial charge on any atom is -0.369 e. The fourth-order valence-electron chi connectivity index (χ4n) is 2.14. The van der Waals surface area contributed by atoms with E-state index in [-0.39, 0.29) is 5.54 Å². The van der Waals surface area contributed by atoms with Crippen LogP contribution < -0.4 is 5.73 Å². The molecule has 1 saturated carbocycles. The molecule has 0 saturated heterocycles. The molecular formula is C12H12N4. The lowest BCUT2D eigenvalue weighted by Gasteiger charge is -2.13. The molecule has 0 atom stereocenters. The maximum absolute atomic E-state index is 8.90. The number of anilines is 1. The van der Waals surface area contributed by atoms with Gasteiger partial charge in [0.15, 0.2) is 0 Å². The minimum atomic E-state index is 0.104. The van der Waals surface area contributed by atoms with Crippen LogP contribution in [0.4, 0.5) is 5.95 Å². The molecule has 0 amide bonds. The van der Waals surface area contributed by atoms with Gasteiger partial charge < -0.3 is 10.3 Å². The average molecular weight is 212 g/mol. The summed E-state index contributed by atoms with van der Waals surface area (Å²) in [4.78, 5) is 4.33. The highest BCUT2D eigenvalue weighted by atomic mass is 15.2. The number of nitrogens with two attached hydrogens (primary N) is 1. The highest BCUT2D eigenvalue weighted by Gasteiger charge is 2.41. The first-order chi connectivity index (χ1) is 7.64. The molecule has 0 radical (unpaired) electrons. The van der Waals surface area contributed by atoms with E-state index < -0.39 is 0 Å². The second kappa shape index (κ2) is 2.76. The maximum Gasteiger partial charge on any atom is 0.201 e. The van der Waals surface area contributed by atoms with Gasteiger partial charge in [-0.2, -0.15) is 5.26 Å². The average Bonchev–Trinajstić information content (AvgIpc) is 2.90. The van der Waals surface area contributed by atoms with Crippen LogP contribution in [0.25, 0.3) is 11.0 Å². The molecule has 16 heavy (non-hydrogen) atoms. The molecule has 1 aromatic carbocycles. The Kier molecular flexibility index (Phi) is 1.59. The van der Waals surface area contributed by atoms with Crippen LogP contribution in [0.3, 0.4) is 0 Å². The van der Waals surface area contributed by atoms with Crippen molar-refractivity contribution in [1.29, 1.82) is 5.26 Å². The van der Waals surface area contributed by atoms with Crippen molar-refractivity contribution in [3.8, 4) is 6.07 Å². The van der Waals surface area contributed by atoms with E-state index in [2.05, 4.69) is 22.5 Å². The number of rotatable bonds is 1. The Morgan fingerprint density at radius 3 is 2.88 bits per heavy atom. The molecule has 4 heteroatoms. The van der Waals surface area contributed by atoms with E-state index in [0.717, 1.165) is 23.9 Å². The number of imidazole rings is 1. The van der Waals surface area contributed by atoms with Gasteiger partial charge in [0.1, 0.15) is 0 Å². The molecule has 0 spiro atoms. The molecule has 2 N–H and O–H groups in total. The van der Waals surface area contributed by atoms with E-state index in [1.807, 2.05) is 12.1 Å². The largest absolute Gasteiger partial charge is 0.369 e. The predicted molar refractivity (Wildman–Crippen MR) is 61.7 cm³/mol. The molecule has 0 unspecified atom stereocenters. The summed E-state index contributed by atoms with van der Waals surface area (Å²) in [6, 6.07) is 7.63. The molecule has 4 nitrogen and oxygen atoms in total. The van der Waals surface area contributed by atoms with E-state index in [9.17, 15) is 0 Å². The van der Waals surface area contributed by atoms with Gasteiger partial charge in [-0.25, -0.2) is 4.98 Å². The zero-order valence-electron chi connectivity index (χ0n) is 9.07. The van der Waals surface area contributed by atoms with Gasteiger partial charge in [-0.3, -0.25) is 0 Å². The maximum atomic E-state index is 8.90. The van der Waals surface area contributed by atoms with Gasteiger partial charge in [-0.1, -0.05) is 0 Å². The number of nitrogen functional groups attached to an aromatic ring is 1. The Balaban J connectivity index is 2.34. The van der Waals surface area contributed by atoms with E-state index in [0.29, 0.717) is 11.5 Å². The Labute approximate surface area is 93.3 Å². The number of hydrogen-bond acceptors (Lipinski definition) is 3. The first kappa shape index (κ1) is 9.22. The Bertz CT molecular complexity index is 614. The normalized spacial score (nSPS) is 17.2. The van der Waals surface area contributed by atoms with Crippen molar-refractivity contribution in [2.75, 3.05) is 5.73 Å². The molecule has 1 heterocycles. The minimum absolute atomic E-state index is 0.104. The zero-order chi connectivity index (χ0) is 11.3. The first-order valence-electron chi connectivity index (χ1n) is 5.33. The molecular weight excluding hydrogens is 200 g/mol. The van der Waals surface area contributed by atoms with E-state index >= 15 is 0 Å². The number of benzene rings is 1.